The lowest BCUT2D eigenvalue weighted by Crippen LogP contribution is -2.46. The van der Waals surface area contributed by atoms with Crippen LogP contribution in [0.2, 0.25) is 0 Å². The molecule has 2 aromatic rings. The largest absolute Gasteiger partial charge is 0.391 e. The molecule has 0 radical (unpaired) electrons. The van der Waals surface area contributed by atoms with Gasteiger partial charge < -0.3 is 14.6 Å². The zero-order chi connectivity index (χ0) is 14.1. The molecule has 1 saturated heterocycles. The van der Waals surface area contributed by atoms with E-state index in [1.807, 2.05) is 48.0 Å². The first-order chi connectivity index (χ1) is 9.65. The molecule has 20 heavy (non-hydrogen) atoms. The van der Waals surface area contributed by atoms with Crippen LogP contribution in [-0.4, -0.2) is 39.7 Å². The van der Waals surface area contributed by atoms with Gasteiger partial charge in [0.05, 0.1) is 6.10 Å². The van der Waals surface area contributed by atoms with Gasteiger partial charge in [-0.05, 0) is 29.9 Å². The van der Waals surface area contributed by atoms with E-state index in [0.29, 0.717) is 13.1 Å². The molecule has 1 aromatic heterocycles. The van der Waals surface area contributed by atoms with Crippen LogP contribution in [0.1, 0.15) is 13.3 Å². The average Bonchev–Trinajstić information content (AvgIpc) is 2.85. The lowest BCUT2D eigenvalue weighted by atomic mass is 9.96. The third kappa shape index (κ3) is 2.43. The fourth-order valence-corrected chi connectivity index (χ4v) is 2.80. The Kier molecular flexibility index (Phi) is 3.49. The Morgan fingerprint density at radius 2 is 2.15 bits per heavy atom. The number of carbonyl (C=O) groups is 1. The number of hydrogen-bond donors (Lipinski definition) is 1. The van der Waals surface area contributed by atoms with Crippen molar-refractivity contribution in [2.24, 2.45) is 5.92 Å². The summed E-state index contributed by atoms with van der Waals surface area (Å²) in [5, 5.41) is 11.0. The van der Waals surface area contributed by atoms with Crippen LogP contribution >= 0.6 is 0 Å². The molecule has 1 amide bonds. The number of fused-ring (bicyclic) bond motifs is 1. The number of hydrogen-bond acceptors (Lipinski definition) is 2. The summed E-state index contributed by atoms with van der Waals surface area (Å²) in [6, 6.07) is 10.1. The molecule has 1 aliphatic heterocycles. The van der Waals surface area contributed by atoms with Gasteiger partial charge in [-0.1, -0.05) is 25.1 Å². The molecule has 2 atom stereocenters. The van der Waals surface area contributed by atoms with Crippen LogP contribution in [0.4, 0.5) is 0 Å². The summed E-state index contributed by atoms with van der Waals surface area (Å²) in [6.45, 7) is 3.58. The maximum Gasteiger partial charge on any atom is 0.242 e. The molecule has 0 bridgehead atoms. The molecule has 4 heteroatoms. The number of nitrogens with zero attached hydrogens (tertiary/aromatic N) is 2. The molecule has 0 spiro atoms. The molecular weight excluding hydrogens is 252 g/mol. The zero-order valence-electron chi connectivity index (χ0n) is 11.7. The first-order valence-electron chi connectivity index (χ1n) is 7.15. The molecule has 0 saturated carbocycles. The van der Waals surface area contributed by atoms with E-state index in [1.54, 1.807) is 4.90 Å². The van der Waals surface area contributed by atoms with E-state index in [9.17, 15) is 9.90 Å². The Bertz CT molecular complexity index is 620. The minimum atomic E-state index is -0.394. The number of para-hydroxylation sites is 1. The highest BCUT2D eigenvalue weighted by Gasteiger charge is 2.27. The molecular formula is C16H20N2O2. The van der Waals surface area contributed by atoms with Gasteiger partial charge in [0.1, 0.15) is 6.54 Å². The van der Waals surface area contributed by atoms with Crippen molar-refractivity contribution in [3.8, 4) is 0 Å². The van der Waals surface area contributed by atoms with Crippen molar-refractivity contribution in [3.63, 3.8) is 0 Å². The van der Waals surface area contributed by atoms with Crippen LogP contribution in [-0.2, 0) is 11.3 Å². The van der Waals surface area contributed by atoms with Gasteiger partial charge in [0.25, 0.3) is 0 Å². The molecule has 2 heterocycles. The van der Waals surface area contributed by atoms with Crippen LogP contribution in [0.5, 0.6) is 0 Å². The molecule has 1 aliphatic rings. The third-order valence-corrected chi connectivity index (χ3v) is 4.26. The minimum Gasteiger partial charge on any atom is -0.391 e. The van der Waals surface area contributed by atoms with Crippen LogP contribution in [0, 0.1) is 5.92 Å². The van der Waals surface area contributed by atoms with Gasteiger partial charge in [-0.25, -0.2) is 0 Å². The second-order valence-electron chi connectivity index (χ2n) is 5.68. The molecule has 0 aliphatic carbocycles. The quantitative estimate of drug-likeness (QED) is 0.907. The maximum atomic E-state index is 12.4. The van der Waals surface area contributed by atoms with E-state index in [2.05, 4.69) is 0 Å². The highest BCUT2D eigenvalue weighted by molar-refractivity contribution is 5.83. The van der Waals surface area contributed by atoms with Crippen molar-refractivity contribution >= 4 is 16.8 Å². The molecule has 2 unspecified atom stereocenters. The number of aliphatic hydroxyl groups excluding tert-OH is 1. The van der Waals surface area contributed by atoms with Gasteiger partial charge in [-0.15, -0.1) is 0 Å². The van der Waals surface area contributed by atoms with Gasteiger partial charge in [-0.3, -0.25) is 4.79 Å². The number of aliphatic hydroxyl groups is 1. The van der Waals surface area contributed by atoms with Crippen molar-refractivity contribution in [1.82, 2.24) is 9.47 Å². The SMILES string of the molecule is CC1CCN(C(=O)Cn2ccc3ccccc32)CC1O. The first-order valence-corrected chi connectivity index (χ1v) is 7.15. The van der Waals surface area contributed by atoms with Crippen molar-refractivity contribution < 1.29 is 9.90 Å². The fraction of sp³-hybridized carbons (Fsp3) is 0.438. The summed E-state index contributed by atoms with van der Waals surface area (Å²) in [4.78, 5) is 14.1. The number of piperidine rings is 1. The molecule has 1 aromatic carbocycles. The Morgan fingerprint density at radius 1 is 1.35 bits per heavy atom. The van der Waals surface area contributed by atoms with Gasteiger partial charge in [0.2, 0.25) is 5.91 Å². The second-order valence-corrected chi connectivity index (χ2v) is 5.68. The monoisotopic (exact) mass is 272 g/mol. The van der Waals surface area contributed by atoms with Gasteiger partial charge in [0.15, 0.2) is 0 Å². The fourth-order valence-electron chi connectivity index (χ4n) is 2.80. The lowest BCUT2D eigenvalue weighted by molar-refractivity contribution is -0.136. The van der Waals surface area contributed by atoms with Crippen LogP contribution < -0.4 is 0 Å². The van der Waals surface area contributed by atoms with Gasteiger partial charge in [-0.2, -0.15) is 0 Å². The van der Waals surface area contributed by atoms with Crippen molar-refractivity contribution in [1.29, 1.82) is 0 Å². The number of β-amino-alcohol motifs (C(OH)–C–C–N with tert-alkyl or cyclic N) is 1. The van der Waals surface area contributed by atoms with Crippen LogP contribution in [0.25, 0.3) is 10.9 Å². The maximum absolute atomic E-state index is 12.4. The lowest BCUT2D eigenvalue weighted by Gasteiger charge is -2.34. The Labute approximate surface area is 118 Å². The van der Waals surface area contributed by atoms with Crippen LogP contribution in [0.3, 0.4) is 0 Å². The standard InChI is InChI=1S/C16H20N2O2/c1-12-6-8-18(10-15(12)19)16(20)11-17-9-7-13-4-2-3-5-14(13)17/h2-5,7,9,12,15,19H,6,8,10-11H2,1H3. The molecule has 4 nitrogen and oxygen atoms in total. The number of benzene rings is 1. The summed E-state index contributed by atoms with van der Waals surface area (Å²) in [7, 11) is 0. The van der Waals surface area contributed by atoms with E-state index >= 15 is 0 Å². The zero-order valence-corrected chi connectivity index (χ0v) is 11.7. The normalized spacial score (nSPS) is 23.2. The summed E-state index contributed by atoms with van der Waals surface area (Å²) < 4.78 is 1.97. The first kappa shape index (κ1) is 13.2. The van der Waals surface area contributed by atoms with E-state index in [-0.39, 0.29) is 11.8 Å². The average molecular weight is 272 g/mol. The smallest absolute Gasteiger partial charge is 0.242 e. The highest BCUT2D eigenvalue weighted by atomic mass is 16.3. The van der Waals surface area contributed by atoms with Crippen LogP contribution in [0.15, 0.2) is 36.5 Å². The molecule has 1 N–H and O–H groups in total. The Balaban J connectivity index is 1.73. The molecule has 3 rings (SSSR count). The second kappa shape index (κ2) is 5.29. The number of likely N-dealkylation sites (tertiary alicyclic amines) is 1. The topological polar surface area (TPSA) is 45.5 Å². The summed E-state index contributed by atoms with van der Waals surface area (Å²) in [5.41, 5.74) is 1.08. The summed E-state index contributed by atoms with van der Waals surface area (Å²) in [5.74, 6) is 0.365. The predicted octanol–water partition coefficient (Wildman–Crippen LogP) is 1.87. The van der Waals surface area contributed by atoms with Crippen molar-refractivity contribution in [2.75, 3.05) is 13.1 Å². The number of carbonyl (C=O) groups excluding carboxylic acids is 1. The number of rotatable bonds is 2. The van der Waals surface area contributed by atoms with E-state index in [4.69, 9.17) is 0 Å². The summed E-state index contributed by atoms with van der Waals surface area (Å²) in [6.07, 6.45) is 2.43. The summed E-state index contributed by atoms with van der Waals surface area (Å²) >= 11 is 0. The van der Waals surface area contributed by atoms with E-state index in [0.717, 1.165) is 23.9 Å². The van der Waals surface area contributed by atoms with E-state index < -0.39 is 6.10 Å². The predicted molar refractivity (Wildman–Crippen MR) is 78.3 cm³/mol. The third-order valence-electron chi connectivity index (χ3n) is 4.26. The van der Waals surface area contributed by atoms with Gasteiger partial charge >= 0.3 is 0 Å². The minimum absolute atomic E-state index is 0.0808. The van der Waals surface area contributed by atoms with Crippen molar-refractivity contribution in [3.05, 3.63) is 36.5 Å². The Hall–Kier alpha value is -1.81. The van der Waals surface area contributed by atoms with E-state index in [1.165, 1.54) is 0 Å². The number of aromatic nitrogens is 1. The van der Waals surface area contributed by atoms with Crippen molar-refractivity contribution in [2.45, 2.75) is 26.0 Å². The molecule has 1 fully saturated rings. The van der Waals surface area contributed by atoms with Gasteiger partial charge in [0, 0.05) is 24.8 Å². The number of amides is 1. The highest BCUT2D eigenvalue weighted by Crippen LogP contribution is 2.19. The molecule has 106 valence electrons. The Morgan fingerprint density at radius 3 is 2.95 bits per heavy atom.